The molecule has 0 aromatic rings. The fourth-order valence-corrected chi connectivity index (χ4v) is 1.39. The Hall–Kier alpha value is -1.40. The largest absolute Gasteiger partial charge is 0.463 e. The molecule has 0 fully saturated rings. The van der Waals surface area contributed by atoms with E-state index in [2.05, 4.69) is 0 Å². The number of hydrogen-bond acceptors (Lipinski definition) is 6. The standard InChI is InChI=1S/C11H16O6/c1-7(12)15-6-10-9(16-8(2)13)4-5-11(14-3)17-10/h4-5,9-11H,6H2,1-3H3/t9-,10-,11-/m1/s1. The molecule has 0 aromatic carbocycles. The highest BCUT2D eigenvalue weighted by atomic mass is 16.7. The maximum absolute atomic E-state index is 10.9. The van der Waals surface area contributed by atoms with Crippen molar-refractivity contribution < 1.29 is 28.5 Å². The number of esters is 2. The molecular weight excluding hydrogens is 228 g/mol. The van der Waals surface area contributed by atoms with Gasteiger partial charge in [0.05, 0.1) is 0 Å². The molecule has 96 valence electrons. The van der Waals surface area contributed by atoms with Gasteiger partial charge in [-0.3, -0.25) is 9.59 Å². The lowest BCUT2D eigenvalue weighted by molar-refractivity contribution is -0.190. The fraction of sp³-hybridized carbons (Fsp3) is 0.636. The Bertz CT molecular complexity index is 311. The third kappa shape index (κ3) is 4.54. The third-order valence-electron chi connectivity index (χ3n) is 2.12. The van der Waals surface area contributed by atoms with Gasteiger partial charge in [0.1, 0.15) is 18.8 Å². The van der Waals surface area contributed by atoms with E-state index in [1.807, 2.05) is 0 Å². The molecule has 0 aromatic heterocycles. The Kier molecular flexibility index (Phi) is 5.11. The van der Waals surface area contributed by atoms with Crippen LogP contribution in [0, 0.1) is 0 Å². The van der Waals surface area contributed by atoms with Crippen LogP contribution < -0.4 is 0 Å². The van der Waals surface area contributed by atoms with Crippen molar-refractivity contribution in [1.82, 2.24) is 0 Å². The minimum Gasteiger partial charge on any atom is -0.463 e. The zero-order chi connectivity index (χ0) is 12.8. The first-order valence-corrected chi connectivity index (χ1v) is 5.20. The molecule has 1 rings (SSSR count). The molecule has 3 atom stereocenters. The summed E-state index contributed by atoms with van der Waals surface area (Å²) in [5, 5.41) is 0. The molecule has 17 heavy (non-hydrogen) atoms. The first-order chi connectivity index (χ1) is 8.02. The smallest absolute Gasteiger partial charge is 0.303 e. The highest BCUT2D eigenvalue weighted by Crippen LogP contribution is 2.17. The number of hydrogen-bond donors (Lipinski definition) is 0. The predicted octanol–water partition coefficient (Wildman–Crippen LogP) is 0.409. The van der Waals surface area contributed by atoms with Crippen LogP contribution in [-0.2, 0) is 28.5 Å². The van der Waals surface area contributed by atoms with Gasteiger partial charge in [0.25, 0.3) is 0 Å². The Morgan fingerprint density at radius 2 is 1.94 bits per heavy atom. The van der Waals surface area contributed by atoms with Crippen molar-refractivity contribution in [3.05, 3.63) is 12.2 Å². The van der Waals surface area contributed by atoms with Crippen LogP contribution in [-0.4, -0.2) is 44.2 Å². The van der Waals surface area contributed by atoms with E-state index in [-0.39, 0.29) is 6.61 Å². The lowest BCUT2D eigenvalue weighted by Gasteiger charge is -2.30. The summed E-state index contributed by atoms with van der Waals surface area (Å²) in [7, 11) is 1.49. The number of methoxy groups -OCH3 is 1. The summed E-state index contributed by atoms with van der Waals surface area (Å²) >= 11 is 0. The summed E-state index contributed by atoms with van der Waals surface area (Å²) in [5.41, 5.74) is 0. The summed E-state index contributed by atoms with van der Waals surface area (Å²) in [6.45, 7) is 2.62. The van der Waals surface area contributed by atoms with E-state index < -0.39 is 30.4 Å². The molecule has 0 saturated heterocycles. The zero-order valence-corrected chi connectivity index (χ0v) is 10.0. The fourth-order valence-electron chi connectivity index (χ4n) is 1.39. The number of carbonyl (C=O) groups is 2. The molecule has 0 aliphatic carbocycles. The van der Waals surface area contributed by atoms with Crippen LogP contribution in [0.5, 0.6) is 0 Å². The molecule has 0 spiro atoms. The SMILES string of the molecule is CO[C@H]1C=C[C@@H](OC(C)=O)[C@@H](COC(C)=O)O1. The predicted molar refractivity (Wildman–Crippen MR) is 57.0 cm³/mol. The number of ether oxygens (including phenoxy) is 4. The topological polar surface area (TPSA) is 71.1 Å². The molecule has 0 N–H and O–H groups in total. The van der Waals surface area contributed by atoms with Gasteiger partial charge in [-0.2, -0.15) is 0 Å². The molecule has 6 heteroatoms. The molecule has 0 amide bonds. The van der Waals surface area contributed by atoms with Gasteiger partial charge < -0.3 is 18.9 Å². The second-order valence-corrected chi connectivity index (χ2v) is 3.54. The zero-order valence-electron chi connectivity index (χ0n) is 10.0. The van der Waals surface area contributed by atoms with Crippen LogP contribution in [0.3, 0.4) is 0 Å². The van der Waals surface area contributed by atoms with E-state index in [9.17, 15) is 9.59 Å². The van der Waals surface area contributed by atoms with E-state index >= 15 is 0 Å². The molecule has 6 nitrogen and oxygen atoms in total. The quantitative estimate of drug-likeness (QED) is 0.527. The van der Waals surface area contributed by atoms with Gasteiger partial charge in [0.2, 0.25) is 0 Å². The summed E-state index contributed by atoms with van der Waals surface area (Å²) in [5.74, 6) is -0.842. The summed E-state index contributed by atoms with van der Waals surface area (Å²) in [4.78, 5) is 21.6. The van der Waals surface area contributed by atoms with E-state index in [4.69, 9.17) is 18.9 Å². The van der Waals surface area contributed by atoms with Gasteiger partial charge in [-0.15, -0.1) is 0 Å². The molecule has 1 aliphatic rings. The van der Waals surface area contributed by atoms with Crippen LogP contribution in [0.25, 0.3) is 0 Å². The van der Waals surface area contributed by atoms with E-state index in [1.54, 1.807) is 12.2 Å². The molecule has 1 heterocycles. The van der Waals surface area contributed by atoms with Gasteiger partial charge in [0, 0.05) is 21.0 Å². The van der Waals surface area contributed by atoms with Crippen molar-refractivity contribution in [1.29, 1.82) is 0 Å². The van der Waals surface area contributed by atoms with Crippen molar-refractivity contribution in [3.8, 4) is 0 Å². The minimum absolute atomic E-state index is 0.0114. The minimum atomic E-state index is -0.571. The first-order valence-electron chi connectivity index (χ1n) is 5.20. The van der Waals surface area contributed by atoms with Crippen molar-refractivity contribution in [2.24, 2.45) is 0 Å². The van der Waals surface area contributed by atoms with Crippen LogP contribution in [0.15, 0.2) is 12.2 Å². The third-order valence-corrected chi connectivity index (χ3v) is 2.12. The summed E-state index contributed by atoms with van der Waals surface area (Å²) < 4.78 is 20.3. The lowest BCUT2D eigenvalue weighted by atomic mass is 10.1. The monoisotopic (exact) mass is 244 g/mol. The van der Waals surface area contributed by atoms with E-state index in [0.29, 0.717) is 0 Å². The van der Waals surface area contributed by atoms with Crippen LogP contribution in [0.4, 0.5) is 0 Å². The average molecular weight is 244 g/mol. The van der Waals surface area contributed by atoms with Crippen molar-refractivity contribution in [3.63, 3.8) is 0 Å². The molecular formula is C11H16O6. The molecule has 1 aliphatic heterocycles. The normalized spacial score (nSPS) is 27.6. The molecule has 0 unspecified atom stereocenters. The van der Waals surface area contributed by atoms with Crippen LogP contribution in [0.1, 0.15) is 13.8 Å². The number of rotatable bonds is 4. The summed E-state index contributed by atoms with van der Waals surface area (Å²) in [6.07, 6.45) is 1.64. The Morgan fingerprint density at radius 1 is 1.24 bits per heavy atom. The van der Waals surface area contributed by atoms with Gasteiger partial charge in [-0.25, -0.2) is 0 Å². The first kappa shape index (κ1) is 13.7. The van der Waals surface area contributed by atoms with Crippen molar-refractivity contribution in [2.75, 3.05) is 13.7 Å². The Morgan fingerprint density at radius 3 is 2.47 bits per heavy atom. The second-order valence-electron chi connectivity index (χ2n) is 3.54. The Balaban J connectivity index is 2.62. The van der Waals surface area contributed by atoms with Crippen LogP contribution >= 0.6 is 0 Å². The van der Waals surface area contributed by atoms with Gasteiger partial charge in [0.15, 0.2) is 6.29 Å². The molecule has 0 saturated carbocycles. The maximum atomic E-state index is 10.9. The highest BCUT2D eigenvalue weighted by molar-refractivity contribution is 5.66. The van der Waals surface area contributed by atoms with Crippen molar-refractivity contribution >= 4 is 11.9 Å². The van der Waals surface area contributed by atoms with Crippen LogP contribution in [0.2, 0.25) is 0 Å². The second kappa shape index (κ2) is 6.36. The summed E-state index contributed by atoms with van der Waals surface area (Å²) in [6, 6.07) is 0. The van der Waals surface area contributed by atoms with E-state index in [0.717, 1.165) is 0 Å². The molecule has 0 bridgehead atoms. The van der Waals surface area contributed by atoms with Gasteiger partial charge in [-0.05, 0) is 12.2 Å². The molecule has 0 radical (unpaired) electrons. The Labute approximate surface area is 99.5 Å². The van der Waals surface area contributed by atoms with Gasteiger partial charge in [-0.1, -0.05) is 0 Å². The van der Waals surface area contributed by atoms with Gasteiger partial charge >= 0.3 is 11.9 Å². The maximum Gasteiger partial charge on any atom is 0.303 e. The number of carbonyl (C=O) groups excluding carboxylic acids is 2. The van der Waals surface area contributed by atoms with Crippen molar-refractivity contribution in [2.45, 2.75) is 32.3 Å². The highest BCUT2D eigenvalue weighted by Gasteiger charge is 2.30. The van der Waals surface area contributed by atoms with E-state index in [1.165, 1.54) is 21.0 Å². The average Bonchev–Trinajstić information content (AvgIpc) is 2.27. The lowest BCUT2D eigenvalue weighted by Crippen LogP contribution is -2.41.